The van der Waals surface area contributed by atoms with Crippen molar-refractivity contribution in [1.82, 2.24) is 4.98 Å². The summed E-state index contributed by atoms with van der Waals surface area (Å²) in [4.78, 5) is 3.88. The van der Waals surface area contributed by atoms with Crippen molar-refractivity contribution in [1.29, 1.82) is 0 Å². The van der Waals surface area contributed by atoms with Crippen molar-refractivity contribution in [2.24, 2.45) is 0 Å². The molecule has 0 aliphatic carbocycles. The van der Waals surface area contributed by atoms with E-state index in [0.29, 0.717) is 5.69 Å². The predicted octanol–water partition coefficient (Wildman–Crippen LogP) is 4.64. The molecule has 0 aliphatic heterocycles. The molecule has 0 saturated heterocycles. The van der Waals surface area contributed by atoms with E-state index in [2.05, 4.69) is 20.9 Å². The van der Waals surface area contributed by atoms with Gasteiger partial charge >= 0.3 is 6.18 Å². The molecule has 90 valence electrons. The maximum Gasteiger partial charge on any atom is 0.417 e. The van der Waals surface area contributed by atoms with Crippen LogP contribution in [0, 0.1) is 0 Å². The predicted molar refractivity (Wildman–Crippen MR) is 61.1 cm³/mol. The third kappa shape index (κ3) is 3.10. The highest BCUT2D eigenvalue weighted by Gasteiger charge is 2.32. The van der Waals surface area contributed by atoms with Crippen LogP contribution in [0.5, 0.6) is 0 Å². The van der Waals surface area contributed by atoms with Crippen LogP contribution in [0.2, 0.25) is 5.02 Å². The zero-order valence-electron chi connectivity index (χ0n) is 8.65. The van der Waals surface area contributed by atoms with Crippen molar-refractivity contribution in [3.05, 3.63) is 28.5 Å². The average Bonchev–Trinajstić information content (AvgIpc) is 2.15. The molecule has 1 aromatic heterocycles. The number of hydrogen-bond donors (Lipinski definition) is 0. The Labute approximate surface area is 105 Å². The van der Waals surface area contributed by atoms with Gasteiger partial charge in [0.05, 0.1) is 16.3 Å². The van der Waals surface area contributed by atoms with Crippen LogP contribution in [0.25, 0.3) is 0 Å². The van der Waals surface area contributed by atoms with Crippen LogP contribution < -0.4 is 0 Å². The molecule has 2 atom stereocenters. The fourth-order valence-electron chi connectivity index (χ4n) is 1.16. The SMILES string of the molecule is CC(Br)C(C)c1ncc(C(F)(F)F)cc1Cl. The third-order valence-electron chi connectivity index (χ3n) is 2.32. The van der Waals surface area contributed by atoms with Gasteiger partial charge in [0.1, 0.15) is 0 Å². The van der Waals surface area contributed by atoms with Crippen LogP contribution in [0.3, 0.4) is 0 Å². The van der Waals surface area contributed by atoms with Gasteiger partial charge in [0, 0.05) is 16.9 Å². The van der Waals surface area contributed by atoms with E-state index in [1.54, 1.807) is 0 Å². The lowest BCUT2D eigenvalue weighted by Crippen LogP contribution is -2.11. The summed E-state index contributed by atoms with van der Waals surface area (Å²) in [6, 6.07) is 0.912. The fraction of sp³-hybridized carbons (Fsp3) is 0.500. The lowest BCUT2D eigenvalue weighted by atomic mass is 10.0. The summed E-state index contributed by atoms with van der Waals surface area (Å²) < 4.78 is 37.1. The topological polar surface area (TPSA) is 12.9 Å². The van der Waals surface area contributed by atoms with Crippen LogP contribution in [0.1, 0.15) is 31.0 Å². The van der Waals surface area contributed by atoms with E-state index in [0.717, 1.165) is 12.3 Å². The molecule has 2 unspecified atom stereocenters. The summed E-state index contributed by atoms with van der Waals surface area (Å²) in [6.07, 6.45) is -3.59. The summed E-state index contributed by atoms with van der Waals surface area (Å²) >= 11 is 9.14. The zero-order chi connectivity index (χ0) is 12.5. The van der Waals surface area contributed by atoms with Crippen LogP contribution in [-0.2, 0) is 6.18 Å². The number of hydrogen-bond acceptors (Lipinski definition) is 1. The molecule has 1 aromatic rings. The summed E-state index contributed by atoms with van der Waals surface area (Å²) in [5.74, 6) is -0.0465. The van der Waals surface area contributed by atoms with Gasteiger partial charge < -0.3 is 0 Å². The van der Waals surface area contributed by atoms with Crippen molar-refractivity contribution in [2.75, 3.05) is 0 Å². The van der Waals surface area contributed by atoms with E-state index in [-0.39, 0.29) is 15.8 Å². The van der Waals surface area contributed by atoms with Gasteiger partial charge in [-0.15, -0.1) is 0 Å². The first-order valence-corrected chi connectivity index (χ1v) is 5.89. The van der Waals surface area contributed by atoms with Gasteiger partial charge in [-0.05, 0) is 6.07 Å². The average molecular weight is 317 g/mol. The molecular weight excluding hydrogens is 306 g/mol. The third-order valence-corrected chi connectivity index (χ3v) is 3.41. The number of halogens is 5. The lowest BCUT2D eigenvalue weighted by molar-refractivity contribution is -0.137. The van der Waals surface area contributed by atoms with Gasteiger partial charge in [-0.3, -0.25) is 4.98 Å². The Hall–Kier alpha value is -0.290. The van der Waals surface area contributed by atoms with Gasteiger partial charge in [0.15, 0.2) is 0 Å². The lowest BCUT2D eigenvalue weighted by Gasteiger charge is -2.16. The molecule has 1 heterocycles. The van der Waals surface area contributed by atoms with E-state index in [1.807, 2.05) is 13.8 Å². The number of alkyl halides is 4. The van der Waals surface area contributed by atoms with Crippen molar-refractivity contribution < 1.29 is 13.2 Å². The first kappa shape index (κ1) is 13.8. The van der Waals surface area contributed by atoms with Crippen LogP contribution in [0.4, 0.5) is 13.2 Å². The molecule has 1 rings (SSSR count). The van der Waals surface area contributed by atoms with E-state index < -0.39 is 11.7 Å². The Morgan fingerprint density at radius 2 is 1.94 bits per heavy atom. The summed E-state index contributed by atoms with van der Waals surface area (Å²) in [5.41, 5.74) is -0.352. The highest BCUT2D eigenvalue weighted by molar-refractivity contribution is 9.09. The Morgan fingerprint density at radius 1 is 1.38 bits per heavy atom. The molecule has 1 nitrogen and oxygen atoms in total. The van der Waals surface area contributed by atoms with E-state index in [1.165, 1.54) is 0 Å². The van der Waals surface area contributed by atoms with Crippen molar-refractivity contribution in [3.63, 3.8) is 0 Å². The molecule has 0 fully saturated rings. The monoisotopic (exact) mass is 315 g/mol. The Kier molecular flexibility index (Phi) is 4.23. The van der Waals surface area contributed by atoms with Crippen LogP contribution in [-0.4, -0.2) is 9.81 Å². The second-order valence-corrected chi connectivity index (χ2v) is 5.41. The van der Waals surface area contributed by atoms with Crippen molar-refractivity contribution >= 4 is 27.5 Å². The quantitative estimate of drug-likeness (QED) is 0.724. The Balaban J connectivity index is 3.10. The number of rotatable bonds is 2. The van der Waals surface area contributed by atoms with Gasteiger partial charge in [-0.25, -0.2) is 0 Å². The maximum absolute atomic E-state index is 12.4. The number of pyridine rings is 1. The standard InChI is InChI=1S/C10H10BrClF3N/c1-5(6(2)11)9-8(12)3-7(4-16-9)10(13,14)15/h3-6H,1-2H3. The Morgan fingerprint density at radius 3 is 2.31 bits per heavy atom. The maximum atomic E-state index is 12.4. The fourth-order valence-corrected chi connectivity index (χ4v) is 1.74. The molecule has 6 heteroatoms. The molecular formula is C10H10BrClF3N. The van der Waals surface area contributed by atoms with Gasteiger partial charge in [-0.2, -0.15) is 13.2 Å². The molecule has 0 amide bonds. The second-order valence-electron chi connectivity index (χ2n) is 3.56. The smallest absolute Gasteiger partial charge is 0.259 e. The molecule has 0 saturated carbocycles. The largest absolute Gasteiger partial charge is 0.417 e. The molecule has 16 heavy (non-hydrogen) atoms. The first-order valence-electron chi connectivity index (χ1n) is 4.60. The number of aromatic nitrogens is 1. The minimum atomic E-state index is -4.40. The normalized spacial score (nSPS) is 15.9. The van der Waals surface area contributed by atoms with Crippen LogP contribution >= 0.6 is 27.5 Å². The second kappa shape index (κ2) is 4.92. The molecule has 0 aliphatic rings. The first-order chi connectivity index (χ1) is 7.23. The van der Waals surface area contributed by atoms with Crippen molar-refractivity contribution in [2.45, 2.75) is 30.8 Å². The summed E-state index contributed by atoms with van der Waals surface area (Å²) in [6.45, 7) is 3.74. The number of nitrogens with zero attached hydrogens (tertiary/aromatic N) is 1. The highest BCUT2D eigenvalue weighted by Crippen LogP contribution is 2.34. The summed E-state index contributed by atoms with van der Waals surface area (Å²) in [5, 5.41) is 0.0497. The van der Waals surface area contributed by atoms with Gasteiger partial charge in [-0.1, -0.05) is 41.4 Å². The molecule has 0 bridgehead atoms. The van der Waals surface area contributed by atoms with Gasteiger partial charge in [0.25, 0.3) is 0 Å². The summed E-state index contributed by atoms with van der Waals surface area (Å²) in [7, 11) is 0. The Bertz CT molecular complexity index is 379. The van der Waals surface area contributed by atoms with E-state index in [9.17, 15) is 13.2 Å². The zero-order valence-corrected chi connectivity index (χ0v) is 11.0. The minimum absolute atomic E-state index is 0.0465. The highest BCUT2D eigenvalue weighted by atomic mass is 79.9. The molecule has 0 aromatic carbocycles. The van der Waals surface area contributed by atoms with Gasteiger partial charge in [0.2, 0.25) is 0 Å². The van der Waals surface area contributed by atoms with Crippen LogP contribution in [0.15, 0.2) is 12.3 Å². The molecule has 0 radical (unpaired) electrons. The minimum Gasteiger partial charge on any atom is -0.259 e. The molecule has 0 spiro atoms. The van der Waals surface area contributed by atoms with E-state index in [4.69, 9.17) is 11.6 Å². The van der Waals surface area contributed by atoms with E-state index >= 15 is 0 Å². The van der Waals surface area contributed by atoms with Crippen molar-refractivity contribution in [3.8, 4) is 0 Å². The molecule has 0 N–H and O–H groups in total.